The van der Waals surface area contributed by atoms with Gasteiger partial charge in [0.1, 0.15) is 0 Å². The number of hydrogen-bond donors (Lipinski definition) is 0. The van der Waals surface area contributed by atoms with Crippen molar-refractivity contribution in [3.63, 3.8) is 0 Å². The van der Waals surface area contributed by atoms with Gasteiger partial charge in [-0.15, -0.1) is 0 Å². The van der Waals surface area contributed by atoms with Gasteiger partial charge in [0.2, 0.25) is 0 Å². The number of rotatable bonds is 4. The van der Waals surface area contributed by atoms with E-state index in [4.69, 9.17) is 0 Å². The zero-order chi connectivity index (χ0) is 13.9. The van der Waals surface area contributed by atoms with E-state index in [9.17, 15) is 13.2 Å². The third-order valence-electron chi connectivity index (χ3n) is 2.91. The molecule has 0 aliphatic rings. The van der Waals surface area contributed by atoms with Crippen LogP contribution in [0.4, 0.5) is 0 Å². The number of hydrogen-bond acceptors (Lipinski definition) is 4. The summed E-state index contributed by atoms with van der Waals surface area (Å²) >= 11 is 0. The fraction of sp³-hybridized carbons (Fsp3) is 0.462. The second kappa shape index (κ2) is 5.52. The lowest BCUT2D eigenvalue weighted by Gasteiger charge is -2.11. The van der Waals surface area contributed by atoms with Gasteiger partial charge in [-0.2, -0.15) is 0 Å². The second-order valence-corrected chi connectivity index (χ2v) is 6.49. The lowest BCUT2D eigenvalue weighted by molar-refractivity contribution is -0.144. The molecule has 100 valence electrons. The third-order valence-corrected chi connectivity index (χ3v) is 4.82. The number of aryl methyl sites for hydroxylation is 2. The van der Waals surface area contributed by atoms with E-state index < -0.39 is 21.7 Å². The maximum atomic E-state index is 12.1. The normalized spacial score (nSPS) is 13.1. The van der Waals surface area contributed by atoms with Crippen LogP contribution in [0.1, 0.15) is 18.1 Å². The van der Waals surface area contributed by atoms with E-state index in [1.807, 2.05) is 13.8 Å². The predicted molar refractivity (Wildman–Crippen MR) is 69.1 cm³/mol. The van der Waals surface area contributed by atoms with Crippen molar-refractivity contribution in [2.45, 2.75) is 25.7 Å². The molecule has 5 heteroatoms. The van der Waals surface area contributed by atoms with Crippen molar-refractivity contribution in [2.24, 2.45) is 5.92 Å². The number of esters is 1. The molecule has 0 radical (unpaired) electrons. The highest BCUT2D eigenvalue weighted by Gasteiger charge is 2.23. The molecule has 0 saturated heterocycles. The van der Waals surface area contributed by atoms with Crippen molar-refractivity contribution in [2.75, 3.05) is 12.9 Å². The first-order chi connectivity index (χ1) is 8.27. The van der Waals surface area contributed by atoms with Gasteiger partial charge in [0, 0.05) is 0 Å². The van der Waals surface area contributed by atoms with Gasteiger partial charge in [0.15, 0.2) is 9.84 Å². The Morgan fingerprint density at radius 1 is 1.28 bits per heavy atom. The fourth-order valence-electron chi connectivity index (χ4n) is 1.60. The summed E-state index contributed by atoms with van der Waals surface area (Å²) in [4.78, 5) is 11.5. The average molecular weight is 270 g/mol. The van der Waals surface area contributed by atoms with Crippen LogP contribution in [0.15, 0.2) is 23.1 Å². The predicted octanol–water partition coefficient (Wildman–Crippen LogP) is 1.89. The Balaban J connectivity index is 3.00. The molecule has 0 bridgehead atoms. The van der Waals surface area contributed by atoms with Crippen LogP contribution in [0.2, 0.25) is 0 Å². The molecule has 0 aliphatic heterocycles. The fourth-order valence-corrected chi connectivity index (χ4v) is 3.22. The molecule has 0 fully saturated rings. The van der Waals surface area contributed by atoms with Crippen LogP contribution in [0.5, 0.6) is 0 Å². The molecule has 0 aromatic heterocycles. The van der Waals surface area contributed by atoms with Gasteiger partial charge in [-0.1, -0.05) is 13.0 Å². The Kier molecular flexibility index (Phi) is 4.51. The van der Waals surface area contributed by atoms with Gasteiger partial charge in [0.05, 0.1) is 23.7 Å². The first-order valence-electron chi connectivity index (χ1n) is 5.65. The highest BCUT2D eigenvalue weighted by Crippen LogP contribution is 2.18. The van der Waals surface area contributed by atoms with E-state index in [1.165, 1.54) is 7.11 Å². The maximum absolute atomic E-state index is 12.1. The van der Waals surface area contributed by atoms with Gasteiger partial charge in [-0.25, -0.2) is 8.42 Å². The monoisotopic (exact) mass is 270 g/mol. The molecule has 1 rings (SSSR count). The van der Waals surface area contributed by atoms with Crippen LogP contribution >= 0.6 is 0 Å². The number of benzene rings is 1. The third kappa shape index (κ3) is 3.32. The highest BCUT2D eigenvalue weighted by molar-refractivity contribution is 7.91. The summed E-state index contributed by atoms with van der Waals surface area (Å²) in [6, 6.07) is 4.97. The molecule has 4 nitrogen and oxygen atoms in total. The van der Waals surface area contributed by atoms with E-state index >= 15 is 0 Å². The molecule has 1 atom stereocenters. The summed E-state index contributed by atoms with van der Waals surface area (Å²) in [5.41, 5.74) is 1.96. The molecule has 18 heavy (non-hydrogen) atoms. The highest BCUT2D eigenvalue weighted by atomic mass is 32.2. The summed E-state index contributed by atoms with van der Waals surface area (Å²) in [6.45, 7) is 5.32. The van der Waals surface area contributed by atoms with E-state index in [0.29, 0.717) is 0 Å². The summed E-state index contributed by atoms with van der Waals surface area (Å²) in [5, 5.41) is 0. The van der Waals surface area contributed by atoms with Crippen molar-refractivity contribution in [3.8, 4) is 0 Å². The van der Waals surface area contributed by atoms with Crippen LogP contribution in [-0.4, -0.2) is 27.2 Å². The topological polar surface area (TPSA) is 60.4 Å². The Morgan fingerprint density at radius 3 is 2.39 bits per heavy atom. The van der Waals surface area contributed by atoms with Gasteiger partial charge in [-0.3, -0.25) is 4.79 Å². The Labute approximate surface area is 108 Å². The lowest BCUT2D eigenvalue weighted by Crippen LogP contribution is -2.22. The van der Waals surface area contributed by atoms with Crippen molar-refractivity contribution in [3.05, 3.63) is 29.3 Å². The van der Waals surface area contributed by atoms with E-state index in [2.05, 4.69) is 4.74 Å². The standard InChI is InChI=1S/C13H18O4S/c1-9-5-6-12(7-10(9)2)18(15,16)8-11(3)13(14)17-4/h5-7,11H,8H2,1-4H3. The summed E-state index contributed by atoms with van der Waals surface area (Å²) < 4.78 is 28.8. The first kappa shape index (κ1) is 14.7. The minimum absolute atomic E-state index is 0.234. The van der Waals surface area contributed by atoms with Crippen LogP contribution < -0.4 is 0 Å². The Morgan fingerprint density at radius 2 is 1.89 bits per heavy atom. The van der Waals surface area contributed by atoms with Crippen LogP contribution in [-0.2, 0) is 19.4 Å². The van der Waals surface area contributed by atoms with Crippen molar-refractivity contribution in [1.29, 1.82) is 0 Å². The Hall–Kier alpha value is -1.36. The number of methoxy groups -OCH3 is 1. The summed E-state index contributed by atoms with van der Waals surface area (Å²) in [6.07, 6.45) is 0. The van der Waals surface area contributed by atoms with Crippen LogP contribution in [0.25, 0.3) is 0 Å². The zero-order valence-corrected chi connectivity index (χ0v) is 11.9. The number of carbonyl (C=O) groups excluding carboxylic acids is 1. The van der Waals surface area contributed by atoms with Crippen LogP contribution in [0.3, 0.4) is 0 Å². The molecule has 0 spiro atoms. The second-order valence-electron chi connectivity index (χ2n) is 4.45. The lowest BCUT2D eigenvalue weighted by atomic mass is 10.1. The smallest absolute Gasteiger partial charge is 0.309 e. The van der Waals surface area contributed by atoms with Crippen molar-refractivity contribution < 1.29 is 17.9 Å². The molecule has 1 aromatic rings. The summed E-state index contributed by atoms with van der Waals surface area (Å²) in [5.74, 6) is -1.41. The zero-order valence-electron chi connectivity index (χ0n) is 11.1. The van der Waals surface area contributed by atoms with Crippen LogP contribution in [0, 0.1) is 19.8 Å². The minimum atomic E-state index is -3.45. The SMILES string of the molecule is COC(=O)C(C)CS(=O)(=O)c1ccc(C)c(C)c1. The number of ether oxygens (including phenoxy) is 1. The number of carbonyl (C=O) groups is 1. The average Bonchev–Trinajstić information content (AvgIpc) is 2.30. The molecule has 0 aliphatic carbocycles. The molecule has 1 aromatic carbocycles. The molecular weight excluding hydrogens is 252 g/mol. The van der Waals surface area contributed by atoms with E-state index in [1.54, 1.807) is 25.1 Å². The van der Waals surface area contributed by atoms with Gasteiger partial charge >= 0.3 is 5.97 Å². The first-order valence-corrected chi connectivity index (χ1v) is 7.31. The minimum Gasteiger partial charge on any atom is -0.469 e. The molecule has 0 heterocycles. The largest absolute Gasteiger partial charge is 0.469 e. The molecule has 1 unspecified atom stereocenters. The van der Waals surface area contributed by atoms with E-state index in [0.717, 1.165) is 11.1 Å². The molecule has 0 saturated carbocycles. The quantitative estimate of drug-likeness (QED) is 0.784. The van der Waals surface area contributed by atoms with E-state index in [-0.39, 0.29) is 10.6 Å². The molecule has 0 amide bonds. The number of sulfone groups is 1. The van der Waals surface area contributed by atoms with Crippen molar-refractivity contribution >= 4 is 15.8 Å². The van der Waals surface area contributed by atoms with Crippen molar-refractivity contribution in [1.82, 2.24) is 0 Å². The maximum Gasteiger partial charge on any atom is 0.309 e. The molecular formula is C13H18O4S. The van der Waals surface area contributed by atoms with Gasteiger partial charge in [-0.05, 0) is 37.1 Å². The van der Waals surface area contributed by atoms with Gasteiger partial charge < -0.3 is 4.74 Å². The summed E-state index contributed by atoms with van der Waals surface area (Å²) in [7, 11) is -2.20. The molecule has 0 N–H and O–H groups in total. The van der Waals surface area contributed by atoms with Gasteiger partial charge in [0.25, 0.3) is 0 Å². The Bertz CT molecular complexity index is 546.